The van der Waals surface area contributed by atoms with E-state index in [9.17, 15) is 9.59 Å². The van der Waals surface area contributed by atoms with Gasteiger partial charge in [-0.3, -0.25) is 4.79 Å². The number of carboxylic acids is 1. The molecule has 5 heteroatoms. The van der Waals surface area contributed by atoms with E-state index in [4.69, 9.17) is 5.11 Å². The Labute approximate surface area is 108 Å². The van der Waals surface area contributed by atoms with Crippen molar-refractivity contribution < 1.29 is 14.7 Å². The molecule has 0 bridgehead atoms. The van der Waals surface area contributed by atoms with E-state index in [1.807, 2.05) is 0 Å². The average Bonchev–Trinajstić information content (AvgIpc) is 3.05. The van der Waals surface area contributed by atoms with Crippen molar-refractivity contribution in [2.24, 2.45) is 17.8 Å². The molecule has 18 heavy (non-hydrogen) atoms. The number of amides is 2. The zero-order valence-electron chi connectivity index (χ0n) is 10.9. The molecule has 2 N–H and O–H groups in total. The highest BCUT2D eigenvalue weighted by molar-refractivity contribution is 5.76. The highest BCUT2D eigenvalue weighted by Gasteiger charge is 2.37. The van der Waals surface area contributed by atoms with Gasteiger partial charge < -0.3 is 15.3 Å². The fraction of sp³-hybridized carbons (Fsp3) is 0.846. The van der Waals surface area contributed by atoms with Gasteiger partial charge in [-0.25, -0.2) is 4.79 Å². The molecule has 0 aromatic carbocycles. The Morgan fingerprint density at radius 1 is 1.39 bits per heavy atom. The minimum Gasteiger partial charge on any atom is -0.481 e. The summed E-state index contributed by atoms with van der Waals surface area (Å²) in [5, 5.41) is 11.8. The number of likely N-dealkylation sites (tertiary alicyclic amines) is 1. The fourth-order valence-corrected chi connectivity index (χ4v) is 2.30. The summed E-state index contributed by atoms with van der Waals surface area (Å²) in [5.74, 6) is -0.111. The number of aliphatic carboxylic acids is 1. The zero-order valence-corrected chi connectivity index (χ0v) is 10.9. The maximum Gasteiger partial charge on any atom is 0.317 e. The van der Waals surface area contributed by atoms with E-state index in [1.165, 1.54) is 19.3 Å². The second kappa shape index (κ2) is 5.59. The molecular formula is C13H22N2O3. The van der Waals surface area contributed by atoms with Crippen LogP contribution in [0.4, 0.5) is 4.79 Å². The van der Waals surface area contributed by atoms with Crippen molar-refractivity contribution in [1.82, 2.24) is 10.2 Å². The van der Waals surface area contributed by atoms with E-state index in [-0.39, 0.29) is 17.9 Å². The van der Waals surface area contributed by atoms with Crippen LogP contribution in [-0.4, -0.2) is 41.6 Å². The number of nitrogens with one attached hydrogen (secondary N) is 1. The van der Waals surface area contributed by atoms with E-state index < -0.39 is 5.97 Å². The summed E-state index contributed by atoms with van der Waals surface area (Å²) in [6.07, 6.45) is 4.99. The minimum atomic E-state index is -0.774. The molecule has 1 saturated heterocycles. The lowest BCUT2D eigenvalue weighted by Gasteiger charge is -2.41. The van der Waals surface area contributed by atoms with Crippen LogP contribution in [0.25, 0.3) is 0 Å². The van der Waals surface area contributed by atoms with Crippen molar-refractivity contribution in [2.45, 2.75) is 32.6 Å². The molecule has 5 nitrogen and oxygen atoms in total. The number of carboxylic acid groups (broad SMARTS) is 1. The Hall–Kier alpha value is -1.26. The molecule has 2 amide bonds. The summed E-state index contributed by atoms with van der Waals surface area (Å²) in [6.45, 7) is 3.59. The molecule has 1 aliphatic carbocycles. The molecule has 0 aromatic heterocycles. The van der Waals surface area contributed by atoms with Crippen LogP contribution in [-0.2, 0) is 4.79 Å². The van der Waals surface area contributed by atoms with Crippen molar-refractivity contribution in [3.63, 3.8) is 0 Å². The highest BCUT2D eigenvalue weighted by Crippen LogP contribution is 2.33. The van der Waals surface area contributed by atoms with Gasteiger partial charge in [0.1, 0.15) is 0 Å². The number of urea groups is 1. The second-order valence-electron chi connectivity index (χ2n) is 5.61. The van der Waals surface area contributed by atoms with E-state index in [1.54, 1.807) is 11.8 Å². The first-order valence-corrected chi connectivity index (χ1v) is 6.83. The molecule has 1 atom stereocenters. The smallest absolute Gasteiger partial charge is 0.317 e. The van der Waals surface area contributed by atoms with E-state index >= 15 is 0 Å². The van der Waals surface area contributed by atoms with Crippen LogP contribution in [0.3, 0.4) is 0 Å². The first-order chi connectivity index (χ1) is 8.58. The Bertz CT molecular complexity index is 322. The first-order valence-electron chi connectivity index (χ1n) is 6.83. The van der Waals surface area contributed by atoms with Gasteiger partial charge in [-0.05, 0) is 18.8 Å². The molecule has 2 aliphatic rings. The van der Waals surface area contributed by atoms with Crippen LogP contribution < -0.4 is 5.32 Å². The number of nitrogens with zero attached hydrogens (tertiary/aromatic N) is 1. The number of carbonyl (C=O) groups excluding carboxylic acids is 1. The van der Waals surface area contributed by atoms with Gasteiger partial charge in [0.05, 0.1) is 5.92 Å². The summed E-state index contributed by atoms with van der Waals surface area (Å²) in [6, 6.07) is -0.0420. The van der Waals surface area contributed by atoms with Crippen LogP contribution in [0, 0.1) is 17.8 Å². The Balaban J connectivity index is 1.56. The molecule has 0 radical (unpaired) electrons. The van der Waals surface area contributed by atoms with Gasteiger partial charge in [0.2, 0.25) is 0 Å². The van der Waals surface area contributed by atoms with Gasteiger partial charge in [0.15, 0.2) is 0 Å². The lowest BCUT2D eigenvalue weighted by atomic mass is 9.87. The Kier molecular flexibility index (Phi) is 4.09. The highest BCUT2D eigenvalue weighted by atomic mass is 16.4. The second-order valence-corrected chi connectivity index (χ2v) is 5.61. The van der Waals surface area contributed by atoms with Gasteiger partial charge in [-0.2, -0.15) is 0 Å². The Morgan fingerprint density at radius 2 is 2.06 bits per heavy atom. The quantitative estimate of drug-likeness (QED) is 0.706. The van der Waals surface area contributed by atoms with Crippen molar-refractivity contribution in [3.05, 3.63) is 0 Å². The summed E-state index contributed by atoms with van der Waals surface area (Å²) < 4.78 is 0. The molecule has 1 heterocycles. The van der Waals surface area contributed by atoms with Crippen molar-refractivity contribution in [2.75, 3.05) is 19.6 Å². The zero-order chi connectivity index (χ0) is 13.1. The molecular weight excluding hydrogens is 232 g/mol. The fourth-order valence-electron chi connectivity index (χ4n) is 2.30. The van der Waals surface area contributed by atoms with Crippen LogP contribution in [0.5, 0.6) is 0 Å². The predicted molar refractivity (Wildman–Crippen MR) is 67.2 cm³/mol. The molecule has 0 aromatic rings. The molecule has 1 aliphatic heterocycles. The summed E-state index contributed by atoms with van der Waals surface area (Å²) in [7, 11) is 0. The van der Waals surface area contributed by atoms with E-state index in [0.29, 0.717) is 13.1 Å². The van der Waals surface area contributed by atoms with Crippen molar-refractivity contribution >= 4 is 12.0 Å². The molecule has 2 fully saturated rings. The molecule has 1 saturated carbocycles. The van der Waals surface area contributed by atoms with Crippen molar-refractivity contribution in [3.8, 4) is 0 Å². The Morgan fingerprint density at radius 3 is 2.61 bits per heavy atom. The topological polar surface area (TPSA) is 69.6 Å². The van der Waals surface area contributed by atoms with Gasteiger partial charge in [-0.1, -0.05) is 19.8 Å². The number of rotatable bonds is 6. The molecule has 1 unspecified atom stereocenters. The van der Waals surface area contributed by atoms with Crippen LogP contribution in [0.15, 0.2) is 0 Å². The largest absolute Gasteiger partial charge is 0.481 e. The minimum absolute atomic E-state index is 0.0420. The van der Waals surface area contributed by atoms with Gasteiger partial charge in [0.25, 0.3) is 0 Å². The maximum absolute atomic E-state index is 11.7. The molecule has 2 rings (SSSR count). The first kappa shape index (κ1) is 13.2. The van der Waals surface area contributed by atoms with Crippen LogP contribution >= 0.6 is 0 Å². The summed E-state index contributed by atoms with van der Waals surface area (Å²) in [4.78, 5) is 24.2. The third-order valence-corrected chi connectivity index (χ3v) is 4.06. The van der Waals surface area contributed by atoms with Crippen LogP contribution in [0.1, 0.15) is 32.6 Å². The average molecular weight is 254 g/mol. The summed E-state index contributed by atoms with van der Waals surface area (Å²) in [5.41, 5.74) is 0. The number of carbonyl (C=O) groups is 2. The van der Waals surface area contributed by atoms with Crippen molar-refractivity contribution in [1.29, 1.82) is 0 Å². The van der Waals surface area contributed by atoms with Gasteiger partial charge >= 0.3 is 12.0 Å². The molecule has 0 spiro atoms. The van der Waals surface area contributed by atoms with Gasteiger partial charge in [-0.15, -0.1) is 0 Å². The third kappa shape index (κ3) is 3.37. The number of hydrogen-bond donors (Lipinski definition) is 2. The standard InChI is InChI=1S/C13H22N2O3/c1-9(12(16)17)11-7-15(8-11)13(18)14-6-2-3-10-4-5-10/h9-11H,2-8H2,1H3,(H,14,18)(H,16,17). The van der Waals surface area contributed by atoms with E-state index in [0.717, 1.165) is 18.9 Å². The normalized spacial score (nSPS) is 21.3. The third-order valence-electron chi connectivity index (χ3n) is 4.06. The monoisotopic (exact) mass is 254 g/mol. The number of hydrogen-bond acceptors (Lipinski definition) is 2. The van der Waals surface area contributed by atoms with E-state index in [2.05, 4.69) is 5.32 Å². The van der Waals surface area contributed by atoms with Gasteiger partial charge in [0, 0.05) is 25.6 Å². The summed E-state index contributed by atoms with van der Waals surface area (Å²) >= 11 is 0. The maximum atomic E-state index is 11.7. The SMILES string of the molecule is CC(C(=O)O)C1CN(C(=O)NCCCC2CC2)C1. The predicted octanol–water partition coefficient (Wildman–Crippen LogP) is 1.54. The molecule has 102 valence electrons. The lowest BCUT2D eigenvalue weighted by molar-refractivity contribution is -0.144. The van der Waals surface area contributed by atoms with Crippen LogP contribution in [0.2, 0.25) is 0 Å². The lowest BCUT2D eigenvalue weighted by Crippen LogP contribution is -2.56.